The SMILES string of the molecule is CC(C)[C@H](N)C(=O)NCc1cccc2ccccc12.O=C(O)C(F)(F)F. The lowest BCUT2D eigenvalue weighted by Crippen LogP contribution is -2.43. The lowest BCUT2D eigenvalue weighted by molar-refractivity contribution is -0.192. The van der Waals surface area contributed by atoms with E-state index in [1.165, 1.54) is 10.8 Å². The molecule has 8 heteroatoms. The molecule has 0 saturated heterocycles. The average Bonchev–Trinajstić information content (AvgIpc) is 2.58. The van der Waals surface area contributed by atoms with E-state index in [1.807, 2.05) is 38.1 Å². The second kappa shape index (κ2) is 9.19. The van der Waals surface area contributed by atoms with Crippen LogP contribution in [0, 0.1) is 5.92 Å². The van der Waals surface area contributed by atoms with Gasteiger partial charge < -0.3 is 16.2 Å². The Morgan fingerprint density at radius 2 is 1.65 bits per heavy atom. The van der Waals surface area contributed by atoms with E-state index in [1.54, 1.807) is 0 Å². The molecule has 4 N–H and O–H groups in total. The van der Waals surface area contributed by atoms with Gasteiger partial charge >= 0.3 is 12.1 Å². The summed E-state index contributed by atoms with van der Waals surface area (Å²) >= 11 is 0. The van der Waals surface area contributed by atoms with E-state index >= 15 is 0 Å². The van der Waals surface area contributed by atoms with Crippen molar-refractivity contribution >= 4 is 22.6 Å². The van der Waals surface area contributed by atoms with Crippen LogP contribution in [0.4, 0.5) is 13.2 Å². The van der Waals surface area contributed by atoms with Crippen molar-refractivity contribution in [2.75, 3.05) is 0 Å². The van der Waals surface area contributed by atoms with Gasteiger partial charge in [0.2, 0.25) is 5.91 Å². The Bertz CT molecular complexity index is 755. The number of nitrogens with two attached hydrogens (primary N) is 1. The van der Waals surface area contributed by atoms with Gasteiger partial charge in [-0.15, -0.1) is 0 Å². The number of carboxylic acid groups (broad SMARTS) is 1. The van der Waals surface area contributed by atoms with Crippen molar-refractivity contribution in [2.24, 2.45) is 11.7 Å². The number of benzene rings is 2. The summed E-state index contributed by atoms with van der Waals surface area (Å²) in [6.45, 7) is 4.41. The van der Waals surface area contributed by atoms with E-state index in [4.69, 9.17) is 15.6 Å². The van der Waals surface area contributed by atoms with Gasteiger partial charge in [0.25, 0.3) is 0 Å². The zero-order chi connectivity index (χ0) is 19.9. The topological polar surface area (TPSA) is 92.4 Å². The first kappa shape index (κ1) is 21.4. The molecule has 0 bridgehead atoms. The highest BCUT2D eigenvalue weighted by Crippen LogP contribution is 2.18. The van der Waals surface area contributed by atoms with Crippen LogP contribution in [-0.4, -0.2) is 29.2 Å². The third-order valence-electron chi connectivity index (χ3n) is 3.60. The number of rotatable bonds is 4. The number of fused-ring (bicyclic) bond motifs is 1. The molecular weight excluding hydrogens is 349 g/mol. The molecule has 0 radical (unpaired) electrons. The number of hydrogen-bond donors (Lipinski definition) is 3. The van der Waals surface area contributed by atoms with Crippen LogP contribution in [0.3, 0.4) is 0 Å². The number of halogens is 3. The third-order valence-corrected chi connectivity index (χ3v) is 3.60. The van der Waals surface area contributed by atoms with Gasteiger partial charge in [0, 0.05) is 6.54 Å². The Kier molecular flexibility index (Phi) is 7.57. The highest BCUT2D eigenvalue weighted by Gasteiger charge is 2.38. The summed E-state index contributed by atoms with van der Waals surface area (Å²) in [5.74, 6) is -2.71. The zero-order valence-corrected chi connectivity index (χ0v) is 14.4. The number of hydrogen-bond acceptors (Lipinski definition) is 3. The van der Waals surface area contributed by atoms with Crippen LogP contribution in [0.15, 0.2) is 42.5 Å². The first-order valence-electron chi connectivity index (χ1n) is 7.84. The van der Waals surface area contributed by atoms with E-state index < -0.39 is 18.2 Å². The van der Waals surface area contributed by atoms with Gasteiger partial charge in [0.1, 0.15) is 0 Å². The summed E-state index contributed by atoms with van der Waals surface area (Å²) in [5.41, 5.74) is 6.94. The van der Waals surface area contributed by atoms with Gasteiger partial charge in [-0.25, -0.2) is 4.79 Å². The summed E-state index contributed by atoms with van der Waals surface area (Å²) in [5, 5.41) is 12.4. The van der Waals surface area contributed by atoms with E-state index in [0.717, 1.165) is 5.56 Å². The Hall–Kier alpha value is -2.61. The normalized spacial score (nSPS) is 12.3. The molecule has 0 spiro atoms. The molecule has 0 aliphatic rings. The molecule has 1 amide bonds. The standard InChI is InChI=1S/C16H20N2O.C2HF3O2/c1-11(2)15(17)16(19)18-10-13-8-5-7-12-6-3-4-9-14(12)13;3-2(4,5)1(6)7/h3-9,11,15H,10,17H2,1-2H3,(H,18,19);(H,6,7)/t15-;/m0./s1. The van der Waals surface area contributed by atoms with Gasteiger partial charge in [0.05, 0.1) is 6.04 Å². The predicted molar refractivity (Wildman–Crippen MR) is 92.3 cm³/mol. The lowest BCUT2D eigenvalue weighted by atomic mass is 10.0. The second-order valence-electron chi connectivity index (χ2n) is 5.93. The molecule has 0 unspecified atom stereocenters. The van der Waals surface area contributed by atoms with Gasteiger partial charge in [-0.05, 0) is 22.3 Å². The van der Waals surface area contributed by atoms with Gasteiger partial charge in [-0.1, -0.05) is 56.3 Å². The molecule has 142 valence electrons. The summed E-state index contributed by atoms with van der Waals surface area (Å²) in [6.07, 6.45) is -5.08. The summed E-state index contributed by atoms with van der Waals surface area (Å²) < 4.78 is 31.7. The van der Waals surface area contributed by atoms with Gasteiger partial charge in [-0.2, -0.15) is 13.2 Å². The van der Waals surface area contributed by atoms with E-state index in [-0.39, 0.29) is 11.8 Å². The molecule has 0 aliphatic carbocycles. The summed E-state index contributed by atoms with van der Waals surface area (Å²) in [7, 11) is 0. The van der Waals surface area contributed by atoms with Crippen LogP contribution < -0.4 is 11.1 Å². The minimum atomic E-state index is -5.08. The molecule has 0 saturated carbocycles. The van der Waals surface area contributed by atoms with Crippen LogP contribution >= 0.6 is 0 Å². The molecule has 0 heterocycles. The van der Waals surface area contributed by atoms with Crippen LogP contribution in [0.25, 0.3) is 10.8 Å². The summed E-state index contributed by atoms with van der Waals surface area (Å²) in [6, 6.07) is 13.8. The number of carboxylic acids is 1. The minimum absolute atomic E-state index is 0.0945. The smallest absolute Gasteiger partial charge is 0.475 e. The number of aliphatic carboxylic acids is 1. The number of carbonyl (C=O) groups excluding carboxylic acids is 1. The largest absolute Gasteiger partial charge is 0.490 e. The van der Waals surface area contributed by atoms with Gasteiger partial charge in [0.15, 0.2) is 0 Å². The van der Waals surface area contributed by atoms with Crippen molar-refractivity contribution in [3.8, 4) is 0 Å². The maximum Gasteiger partial charge on any atom is 0.490 e. The van der Waals surface area contributed by atoms with Crippen LogP contribution in [0.1, 0.15) is 19.4 Å². The Labute approximate surface area is 149 Å². The number of nitrogens with one attached hydrogen (secondary N) is 1. The lowest BCUT2D eigenvalue weighted by Gasteiger charge is -2.16. The highest BCUT2D eigenvalue weighted by atomic mass is 19.4. The van der Waals surface area contributed by atoms with E-state index in [0.29, 0.717) is 6.54 Å². The molecular formula is C18H21F3N2O3. The van der Waals surface area contributed by atoms with Crippen molar-refractivity contribution in [1.82, 2.24) is 5.32 Å². The van der Waals surface area contributed by atoms with Crippen molar-refractivity contribution in [2.45, 2.75) is 32.6 Å². The van der Waals surface area contributed by atoms with Gasteiger partial charge in [-0.3, -0.25) is 4.79 Å². The fraction of sp³-hybridized carbons (Fsp3) is 0.333. The maximum absolute atomic E-state index is 11.9. The quantitative estimate of drug-likeness (QED) is 0.771. The molecule has 0 fully saturated rings. The molecule has 26 heavy (non-hydrogen) atoms. The molecule has 2 aromatic rings. The predicted octanol–water partition coefficient (Wildman–Crippen LogP) is 3.07. The zero-order valence-electron chi connectivity index (χ0n) is 14.4. The first-order chi connectivity index (χ1) is 12.0. The second-order valence-corrected chi connectivity index (χ2v) is 5.93. The van der Waals surface area contributed by atoms with Crippen LogP contribution in [0.5, 0.6) is 0 Å². The molecule has 0 aromatic heterocycles. The molecule has 1 atom stereocenters. The Morgan fingerprint density at radius 1 is 1.12 bits per heavy atom. The third kappa shape index (κ3) is 6.36. The maximum atomic E-state index is 11.9. The van der Waals surface area contributed by atoms with Crippen molar-refractivity contribution in [1.29, 1.82) is 0 Å². The number of carbonyl (C=O) groups is 2. The molecule has 2 aromatic carbocycles. The van der Waals surface area contributed by atoms with E-state index in [9.17, 15) is 18.0 Å². The fourth-order valence-electron chi connectivity index (χ4n) is 2.05. The van der Waals surface area contributed by atoms with E-state index in [2.05, 4.69) is 23.5 Å². The molecule has 2 rings (SSSR count). The number of alkyl halides is 3. The van der Waals surface area contributed by atoms with Crippen molar-refractivity contribution in [3.63, 3.8) is 0 Å². The average molecular weight is 370 g/mol. The highest BCUT2D eigenvalue weighted by molar-refractivity contribution is 5.86. The fourth-order valence-corrected chi connectivity index (χ4v) is 2.05. The molecule has 5 nitrogen and oxygen atoms in total. The first-order valence-corrected chi connectivity index (χ1v) is 7.84. The Morgan fingerprint density at radius 3 is 2.19 bits per heavy atom. The van der Waals surface area contributed by atoms with Crippen LogP contribution in [-0.2, 0) is 16.1 Å². The monoisotopic (exact) mass is 370 g/mol. The Balaban J connectivity index is 0.000000412. The summed E-state index contributed by atoms with van der Waals surface area (Å²) in [4.78, 5) is 20.8. The van der Waals surface area contributed by atoms with Crippen molar-refractivity contribution in [3.05, 3.63) is 48.0 Å². The minimum Gasteiger partial charge on any atom is -0.475 e. The van der Waals surface area contributed by atoms with Crippen molar-refractivity contribution < 1.29 is 27.9 Å². The van der Waals surface area contributed by atoms with Crippen LogP contribution in [0.2, 0.25) is 0 Å². The number of amides is 1. The molecule has 0 aliphatic heterocycles.